The quantitative estimate of drug-likeness (QED) is 0.364. The molecule has 1 aliphatic heterocycles. The van der Waals surface area contributed by atoms with E-state index in [4.69, 9.17) is 0 Å². The van der Waals surface area contributed by atoms with E-state index < -0.39 is 29.9 Å². The van der Waals surface area contributed by atoms with Gasteiger partial charge in [-0.15, -0.1) is 0 Å². The Morgan fingerprint density at radius 1 is 1.20 bits per heavy atom. The molecule has 0 bridgehead atoms. The van der Waals surface area contributed by atoms with Crippen LogP contribution in [0.25, 0.3) is 22.3 Å². The van der Waals surface area contributed by atoms with Crippen LogP contribution in [-0.2, 0) is 18.3 Å². The molecule has 1 aliphatic carbocycles. The van der Waals surface area contributed by atoms with Crippen molar-refractivity contribution in [1.29, 1.82) is 5.26 Å². The molecule has 4 aromatic heterocycles. The number of nitrogens with zero attached hydrogens (tertiary/aromatic N) is 8. The van der Waals surface area contributed by atoms with E-state index in [2.05, 4.69) is 36.0 Å². The van der Waals surface area contributed by atoms with Gasteiger partial charge in [0.2, 0.25) is 0 Å². The minimum Gasteiger partial charge on any atom is -0.392 e. The molecule has 0 spiro atoms. The van der Waals surface area contributed by atoms with Crippen LogP contribution in [0, 0.1) is 11.3 Å². The molecule has 11 nitrogen and oxygen atoms in total. The molecule has 4 aromatic rings. The first-order chi connectivity index (χ1) is 19.7. The molecule has 5 heterocycles. The SMILES string of the molecule is N#CCC1(n2cc(-c3ncnc4[nH]ccc34)cn2)CC(N2CCN(C(=O)c3cc(CO)cc(C(F)(F)F)n3)CC2)C1. The van der Waals surface area contributed by atoms with Crippen LogP contribution in [0.5, 0.6) is 0 Å². The summed E-state index contributed by atoms with van der Waals surface area (Å²) in [5.74, 6) is -0.594. The van der Waals surface area contributed by atoms with Gasteiger partial charge in [0.1, 0.15) is 23.4 Å². The molecule has 1 saturated heterocycles. The average Bonchev–Trinajstić information content (AvgIpc) is 3.64. The van der Waals surface area contributed by atoms with Crippen molar-refractivity contribution >= 4 is 16.9 Å². The van der Waals surface area contributed by atoms with E-state index in [0.717, 1.165) is 28.4 Å². The minimum atomic E-state index is -4.72. The summed E-state index contributed by atoms with van der Waals surface area (Å²) in [5, 5.41) is 24.5. The Hall–Kier alpha value is -4.35. The number of pyridine rings is 1. The van der Waals surface area contributed by atoms with Gasteiger partial charge in [-0.2, -0.15) is 23.5 Å². The van der Waals surface area contributed by atoms with Crippen molar-refractivity contribution in [1.82, 2.24) is 39.5 Å². The summed E-state index contributed by atoms with van der Waals surface area (Å²) in [5.41, 5.74) is 0.310. The number of aliphatic hydroxyl groups excluding tert-OH is 1. The van der Waals surface area contributed by atoms with Gasteiger partial charge in [0.05, 0.1) is 36.5 Å². The molecule has 0 atom stereocenters. The number of nitrogens with one attached hydrogen (secondary N) is 1. The van der Waals surface area contributed by atoms with Crippen molar-refractivity contribution in [3.8, 4) is 17.3 Å². The fraction of sp³-hybridized carbons (Fsp3) is 0.407. The van der Waals surface area contributed by atoms with E-state index in [1.165, 1.54) is 17.3 Å². The molecule has 1 saturated carbocycles. The van der Waals surface area contributed by atoms with E-state index in [1.54, 1.807) is 12.4 Å². The summed E-state index contributed by atoms with van der Waals surface area (Å²) in [4.78, 5) is 32.0. The van der Waals surface area contributed by atoms with E-state index in [-0.39, 0.29) is 17.3 Å². The molecular formula is C27H26F3N9O2. The number of aromatic amines is 1. The predicted octanol–water partition coefficient (Wildman–Crippen LogP) is 2.96. The van der Waals surface area contributed by atoms with E-state index in [1.807, 2.05) is 16.9 Å². The molecular weight excluding hydrogens is 539 g/mol. The first-order valence-electron chi connectivity index (χ1n) is 13.1. The largest absolute Gasteiger partial charge is 0.433 e. The lowest BCUT2D eigenvalue weighted by atomic mass is 9.70. The molecule has 2 fully saturated rings. The molecule has 6 rings (SSSR count). The number of aromatic nitrogens is 6. The van der Waals surface area contributed by atoms with Gasteiger partial charge in [-0.25, -0.2) is 15.0 Å². The topological polar surface area (TPSA) is 140 Å². The van der Waals surface area contributed by atoms with Gasteiger partial charge < -0.3 is 15.0 Å². The van der Waals surface area contributed by atoms with Crippen molar-refractivity contribution in [3.63, 3.8) is 0 Å². The summed E-state index contributed by atoms with van der Waals surface area (Å²) in [6.07, 6.45) is 3.93. The molecule has 2 N–H and O–H groups in total. The first kappa shape index (κ1) is 26.9. The lowest BCUT2D eigenvalue weighted by Crippen LogP contribution is -2.60. The van der Waals surface area contributed by atoms with Crippen molar-refractivity contribution in [3.05, 3.63) is 60.1 Å². The Balaban J connectivity index is 1.12. The van der Waals surface area contributed by atoms with Crippen LogP contribution >= 0.6 is 0 Å². The third kappa shape index (κ3) is 4.91. The summed E-state index contributed by atoms with van der Waals surface area (Å²) in [6, 6.07) is 6.34. The average molecular weight is 566 g/mol. The fourth-order valence-corrected chi connectivity index (χ4v) is 5.83. The number of rotatable bonds is 6. The van der Waals surface area contributed by atoms with Gasteiger partial charge in [0.15, 0.2) is 0 Å². The van der Waals surface area contributed by atoms with Crippen LogP contribution < -0.4 is 0 Å². The molecule has 2 aliphatic rings. The lowest BCUT2D eigenvalue weighted by Gasteiger charge is -2.52. The Morgan fingerprint density at radius 2 is 1.98 bits per heavy atom. The van der Waals surface area contributed by atoms with Gasteiger partial charge in [-0.05, 0) is 36.6 Å². The highest BCUT2D eigenvalue weighted by molar-refractivity contribution is 5.92. The first-order valence-corrected chi connectivity index (χ1v) is 13.1. The molecule has 0 aromatic carbocycles. The van der Waals surface area contributed by atoms with Crippen molar-refractivity contribution in [2.45, 2.75) is 43.6 Å². The molecule has 212 valence electrons. The Bertz CT molecular complexity index is 1630. The Labute approximate surface area is 232 Å². The summed E-state index contributed by atoms with van der Waals surface area (Å²) < 4.78 is 41.6. The fourth-order valence-electron chi connectivity index (χ4n) is 5.83. The van der Waals surface area contributed by atoms with Crippen LogP contribution in [0.3, 0.4) is 0 Å². The summed E-state index contributed by atoms with van der Waals surface area (Å²) >= 11 is 0. The monoisotopic (exact) mass is 565 g/mol. The van der Waals surface area contributed by atoms with Gasteiger partial charge >= 0.3 is 6.18 Å². The third-order valence-electron chi connectivity index (χ3n) is 8.03. The zero-order valence-corrected chi connectivity index (χ0v) is 21.8. The number of carbonyl (C=O) groups is 1. The van der Waals surface area contributed by atoms with Crippen molar-refractivity contribution < 1.29 is 23.1 Å². The smallest absolute Gasteiger partial charge is 0.392 e. The van der Waals surface area contributed by atoms with E-state index in [0.29, 0.717) is 45.4 Å². The number of carbonyl (C=O) groups excluding carboxylic acids is 1. The highest BCUT2D eigenvalue weighted by Crippen LogP contribution is 2.45. The van der Waals surface area contributed by atoms with Crippen LogP contribution in [0.4, 0.5) is 13.2 Å². The highest BCUT2D eigenvalue weighted by Gasteiger charge is 2.49. The molecule has 41 heavy (non-hydrogen) atoms. The number of H-pyrrole nitrogens is 1. The molecule has 0 radical (unpaired) electrons. The van der Waals surface area contributed by atoms with E-state index >= 15 is 0 Å². The third-order valence-corrected chi connectivity index (χ3v) is 8.03. The second-order valence-electron chi connectivity index (χ2n) is 10.5. The van der Waals surface area contributed by atoms with Crippen molar-refractivity contribution in [2.24, 2.45) is 0 Å². The number of aliphatic hydroxyl groups is 1. The number of nitriles is 1. The van der Waals surface area contributed by atoms with Gasteiger partial charge in [-0.1, -0.05) is 0 Å². The van der Waals surface area contributed by atoms with Gasteiger partial charge in [-0.3, -0.25) is 14.4 Å². The van der Waals surface area contributed by atoms with Crippen LogP contribution in [0.1, 0.15) is 41.0 Å². The number of hydrogen-bond acceptors (Lipinski definition) is 8. The van der Waals surface area contributed by atoms with Crippen LogP contribution in [0.2, 0.25) is 0 Å². The number of fused-ring (bicyclic) bond motifs is 1. The maximum atomic E-state index is 13.2. The standard InChI is InChI=1S/C27H26F3N9O2/c28-27(29,30)22-10-17(15-40)9-21(36-22)25(41)38-7-5-37(6-8-38)19-11-26(12-19,2-3-31)39-14-18(13-35-39)23-20-1-4-32-24(20)34-16-33-23/h1,4,9-10,13-14,16,19,40H,2,5-8,11-12,15H2,(H,32,33,34). The highest BCUT2D eigenvalue weighted by atomic mass is 19.4. The summed E-state index contributed by atoms with van der Waals surface area (Å²) in [7, 11) is 0. The zero-order valence-electron chi connectivity index (χ0n) is 21.8. The zero-order chi connectivity index (χ0) is 28.8. The molecule has 14 heteroatoms. The second-order valence-corrected chi connectivity index (χ2v) is 10.5. The minimum absolute atomic E-state index is 0.0170. The predicted molar refractivity (Wildman–Crippen MR) is 139 cm³/mol. The number of amides is 1. The van der Waals surface area contributed by atoms with Crippen LogP contribution in [0.15, 0.2) is 43.1 Å². The van der Waals surface area contributed by atoms with Gasteiger partial charge in [0.25, 0.3) is 5.91 Å². The maximum Gasteiger partial charge on any atom is 0.433 e. The second kappa shape index (κ2) is 10.2. The van der Waals surface area contributed by atoms with Crippen LogP contribution in [-0.4, -0.2) is 82.8 Å². The van der Waals surface area contributed by atoms with E-state index in [9.17, 15) is 28.3 Å². The molecule has 1 amide bonds. The maximum absolute atomic E-state index is 13.2. The number of hydrogen-bond donors (Lipinski definition) is 2. The Morgan fingerprint density at radius 3 is 2.68 bits per heavy atom. The van der Waals surface area contributed by atoms with Crippen molar-refractivity contribution in [2.75, 3.05) is 26.2 Å². The lowest BCUT2D eigenvalue weighted by molar-refractivity contribution is -0.141. The Kier molecular flexibility index (Phi) is 6.71. The summed E-state index contributed by atoms with van der Waals surface area (Å²) in [6.45, 7) is 1.13. The number of halogens is 3. The number of alkyl halides is 3. The molecule has 0 unspecified atom stereocenters. The number of piperazine rings is 1. The van der Waals surface area contributed by atoms with Gasteiger partial charge in [0, 0.05) is 55.6 Å². The normalized spacial score (nSPS) is 21.5.